The number of aliphatic carboxylic acids is 1. The maximum Gasteiger partial charge on any atom is 0.311 e. The third-order valence-electron chi connectivity index (χ3n) is 3.71. The molecule has 1 atom stereocenters. The monoisotopic (exact) mass is 315 g/mol. The molecule has 0 aliphatic heterocycles. The van der Waals surface area contributed by atoms with Gasteiger partial charge in [-0.3, -0.25) is 9.59 Å². The Kier molecular flexibility index (Phi) is 5.11. The molecule has 0 aromatic heterocycles. The molecule has 0 unspecified atom stereocenters. The molecule has 0 heterocycles. The topological polar surface area (TPSA) is 66.4 Å². The molecule has 2 aromatic rings. The minimum absolute atomic E-state index is 0.214. The molecule has 0 saturated heterocycles. The van der Waals surface area contributed by atoms with Crippen molar-refractivity contribution in [2.75, 3.05) is 5.32 Å². The normalized spacial score (nSPS) is 11.8. The molecule has 0 aliphatic carbocycles. The van der Waals surface area contributed by atoms with E-state index >= 15 is 0 Å². The number of anilines is 1. The summed E-state index contributed by atoms with van der Waals surface area (Å²) in [5.74, 6) is -2.97. The molecule has 4 nitrogen and oxygen atoms in total. The van der Waals surface area contributed by atoms with Crippen molar-refractivity contribution >= 4 is 17.6 Å². The fraction of sp³-hybridized carbons (Fsp3) is 0.222. The smallest absolute Gasteiger partial charge is 0.311 e. The van der Waals surface area contributed by atoms with E-state index in [0.29, 0.717) is 11.3 Å². The summed E-state index contributed by atoms with van der Waals surface area (Å²) < 4.78 is 13.0. The van der Waals surface area contributed by atoms with E-state index in [9.17, 15) is 19.1 Å². The molecule has 2 aromatic carbocycles. The van der Waals surface area contributed by atoms with Crippen LogP contribution in [0.5, 0.6) is 0 Å². The van der Waals surface area contributed by atoms with Crippen LogP contribution in [0.25, 0.3) is 0 Å². The Morgan fingerprint density at radius 3 is 2.17 bits per heavy atom. The van der Waals surface area contributed by atoms with E-state index in [1.54, 1.807) is 0 Å². The van der Waals surface area contributed by atoms with Crippen LogP contribution >= 0.6 is 0 Å². The van der Waals surface area contributed by atoms with Crippen molar-refractivity contribution < 1.29 is 19.1 Å². The van der Waals surface area contributed by atoms with Crippen molar-refractivity contribution in [3.8, 4) is 0 Å². The van der Waals surface area contributed by atoms with Gasteiger partial charge in [0.25, 0.3) is 0 Å². The highest BCUT2D eigenvalue weighted by Crippen LogP contribution is 2.24. The van der Waals surface area contributed by atoms with Gasteiger partial charge in [0.1, 0.15) is 5.82 Å². The van der Waals surface area contributed by atoms with Crippen LogP contribution < -0.4 is 5.32 Å². The third-order valence-corrected chi connectivity index (χ3v) is 3.71. The Bertz CT molecular complexity index is 705. The second-order valence-corrected chi connectivity index (χ2v) is 5.46. The molecule has 0 spiro atoms. The maximum atomic E-state index is 13.0. The number of nitrogens with one attached hydrogen (secondary N) is 1. The summed E-state index contributed by atoms with van der Waals surface area (Å²) in [7, 11) is 0. The maximum absolute atomic E-state index is 13.0. The number of amides is 1. The van der Waals surface area contributed by atoms with E-state index in [1.807, 2.05) is 32.0 Å². The fourth-order valence-electron chi connectivity index (χ4n) is 2.43. The van der Waals surface area contributed by atoms with Crippen LogP contribution in [-0.2, 0) is 9.59 Å². The van der Waals surface area contributed by atoms with E-state index in [0.717, 1.165) is 11.1 Å². The first-order valence-electron chi connectivity index (χ1n) is 7.23. The van der Waals surface area contributed by atoms with E-state index in [1.165, 1.54) is 24.3 Å². The zero-order valence-electron chi connectivity index (χ0n) is 13.0. The Hall–Kier alpha value is -2.69. The van der Waals surface area contributed by atoms with Gasteiger partial charge in [-0.05, 0) is 42.7 Å². The lowest BCUT2D eigenvalue weighted by molar-refractivity contribution is -0.140. The average molecular weight is 315 g/mol. The van der Waals surface area contributed by atoms with Crippen LogP contribution in [-0.4, -0.2) is 17.0 Å². The van der Waals surface area contributed by atoms with Gasteiger partial charge in [-0.1, -0.05) is 30.3 Å². The van der Waals surface area contributed by atoms with Crippen LogP contribution in [0.4, 0.5) is 10.1 Å². The summed E-state index contributed by atoms with van der Waals surface area (Å²) in [4.78, 5) is 23.7. The number of benzene rings is 2. The van der Waals surface area contributed by atoms with Crippen LogP contribution in [0.15, 0.2) is 42.5 Å². The summed E-state index contributed by atoms with van der Waals surface area (Å²) in [5, 5.41) is 12.1. The van der Waals surface area contributed by atoms with Crippen molar-refractivity contribution in [2.45, 2.75) is 26.2 Å². The lowest BCUT2D eigenvalue weighted by atomic mass is 9.95. The second-order valence-electron chi connectivity index (χ2n) is 5.46. The number of para-hydroxylation sites is 1. The van der Waals surface area contributed by atoms with Gasteiger partial charge in [0.2, 0.25) is 5.91 Å². The predicted molar refractivity (Wildman–Crippen MR) is 85.9 cm³/mol. The average Bonchev–Trinajstić information content (AvgIpc) is 2.49. The van der Waals surface area contributed by atoms with Crippen molar-refractivity contribution in [3.63, 3.8) is 0 Å². The van der Waals surface area contributed by atoms with Gasteiger partial charge in [0.05, 0.1) is 5.92 Å². The number of hydrogen-bond donors (Lipinski definition) is 2. The quantitative estimate of drug-likeness (QED) is 0.885. The summed E-state index contributed by atoms with van der Waals surface area (Å²) >= 11 is 0. The van der Waals surface area contributed by atoms with Crippen LogP contribution in [0.3, 0.4) is 0 Å². The molecule has 2 N–H and O–H groups in total. The number of carboxylic acid groups (broad SMARTS) is 1. The summed E-state index contributed by atoms with van der Waals surface area (Å²) in [6.07, 6.45) is -0.214. The van der Waals surface area contributed by atoms with E-state index in [2.05, 4.69) is 5.32 Å². The molecule has 1 amide bonds. The number of carbonyl (C=O) groups is 2. The Labute approximate surface area is 134 Å². The first-order valence-corrected chi connectivity index (χ1v) is 7.23. The van der Waals surface area contributed by atoms with Gasteiger partial charge in [-0.15, -0.1) is 0 Å². The predicted octanol–water partition coefficient (Wildman–Crippen LogP) is 3.64. The van der Waals surface area contributed by atoms with Gasteiger partial charge >= 0.3 is 5.97 Å². The molecule has 120 valence electrons. The van der Waals surface area contributed by atoms with Crippen molar-refractivity contribution in [1.82, 2.24) is 0 Å². The number of carbonyl (C=O) groups excluding carboxylic acids is 1. The third kappa shape index (κ3) is 4.16. The van der Waals surface area contributed by atoms with Gasteiger partial charge in [-0.2, -0.15) is 0 Å². The minimum atomic E-state index is -1.12. The summed E-state index contributed by atoms with van der Waals surface area (Å²) in [6.45, 7) is 3.74. The second kappa shape index (κ2) is 7.05. The number of carboxylic acids is 1. The molecular weight excluding hydrogens is 297 g/mol. The first-order chi connectivity index (χ1) is 10.9. The molecule has 0 bridgehead atoms. The Morgan fingerprint density at radius 2 is 1.65 bits per heavy atom. The molecular formula is C18H18FNO3. The standard InChI is InChI=1S/C18H18FNO3/c1-11-4-3-5-12(2)17(11)20-16(21)10-15(18(22)23)13-6-8-14(19)9-7-13/h3-9,15H,10H2,1-2H3,(H,20,21)(H,22,23)/t15-/m1/s1. The van der Waals surface area contributed by atoms with Crippen LogP contribution in [0, 0.1) is 19.7 Å². The van der Waals surface area contributed by atoms with E-state index < -0.39 is 17.7 Å². The summed E-state index contributed by atoms with van der Waals surface area (Å²) in [6, 6.07) is 10.8. The molecule has 2 rings (SSSR count). The molecule has 0 saturated carbocycles. The highest BCUT2D eigenvalue weighted by Gasteiger charge is 2.23. The van der Waals surface area contributed by atoms with E-state index in [-0.39, 0.29) is 12.3 Å². The lowest BCUT2D eigenvalue weighted by Gasteiger charge is -2.15. The molecule has 5 heteroatoms. The molecule has 23 heavy (non-hydrogen) atoms. The number of rotatable bonds is 5. The van der Waals surface area contributed by atoms with Gasteiger partial charge in [-0.25, -0.2) is 4.39 Å². The van der Waals surface area contributed by atoms with Crippen molar-refractivity contribution in [2.24, 2.45) is 0 Å². The summed E-state index contributed by atoms with van der Waals surface area (Å²) in [5.41, 5.74) is 2.91. The van der Waals surface area contributed by atoms with Crippen molar-refractivity contribution in [1.29, 1.82) is 0 Å². The zero-order chi connectivity index (χ0) is 17.0. The first kappa shape index (κ1) is 16.7. The van der Waals surface area contributed by atoms with Gasteiger partial charge < -0.3 is 10.4 Å². The number of hydrogen-bond acceptors (Lipinski definition) is 2. The molecule has 0 aliphatic rings. The largest absolute Gasteiger partial charge is 0.481 e. The van der Waals surface area contributed by atoms with Gasteiger partial charge in [0, 0.05) is 12.1 Å². The molecule has 0 radical (unpaired) electrons. The van der Waals surface area contributed by atoms with Gasteiger partial charge in [0.15, 0.2) is 0 Å². The minimum Gasteiger partial charge on any atom is -0.481 e. The number of aryl methyl sites for hydroxylation is 2. The van der Waals surface area contributed by atoms with Crippen LogP contribution in [0.2, 0.25) is 0 Å². The fourth-order valence-corrected chi connectivity index (χ4v) is 2.43. The highest BCUT2D eigenvalue weighted by molar-refractivity contribution is 5.95. The SMILES string of the molecule is Cc1cccc(C)c1NC(=O)C[C@@H](C(=O)O)c1ccc(F)cc1. The van der Waals surface area contributed by atoms with Crippen molar-refractivity contribution in [3.05, 3.63) is 65.0 Å². The van der Waals surface area contributed by atoms with E-state index in [4.69, 9.17) is 0 Å². The Balaban J connectivity index is 2.16. The zero-order valence-corrected chi connectivity index (χ0v) is 13.0. The number of halogens is 1. The lowest BCUT2D eigenvalue weighted by Crippen LogP contribution is -2.21. The van der Waals surface area contributed by atoms with Crippen LogP contribution in [0.1, 0.15) is 29.0 Å². The highest BCUT2D eigenvalue weighted by atomic mass is 19.1. The molecule has 0 fully saturated rings. The Morgan fingerprint density at radius 1 is 1.09 bits per heavy atom.